The van der Waals surface area contributed by atoms with E-state index in [0.717, 1.165) is 10.9 Å². The molecule has 2 atom stereocenters. The molecule has 4 nitrogen and oxygen atoms in total. The van der Waals surface area contributed by atoms with Gasteiger partial charge in [-0.3, -0.25) is 4.79 Å². The molecule has 1 amide bonds. The van der Waals surface area contributed by atoms with Crippen LogP contribution in [-0.2, 0) is 9.53 Å². The molecule has 138 valence electrons. The van der Waals surface area contributed by atoms with Crippen molar-refractivity contribution in [3.05, 3.63) is 24.3 Å². The average Bonchev–Trinajstić information content (AvgIpc) is 3.09. The van der Waals surface area contributed by atoms with Crippen LogP contribution in [0.4, 0.5) is 5.69 Å². The predicted octanol–water partition coefficient (Wildman–Crippen LogP) is 4.19. The van der Waals surface area contributed by atoms with Crippen molar-refractivity contribution in [1.82, 2.24) is 0 Å². The molecule has 3 rings (SSSR count). The number of amides is 1. The van der Waals surface area contributed by atoms with E-state index in [0.29, 0.717) is 13.0 Å². The van der Waals surface area contributed by atoms with E-state index in [1.807, 2.05) is 44.7 Å². The van der Waals surface area contributed by atoms with E-state index >= 15 is 0 Å². The van der Waals surface area contributed by atoms with E-state index in [1.165, 1.54) is 30.6 Å². The third kappa shape index (κ3) is 3.60. The summed E-state index contributed by atoms with van der Waals surface area (Å²) in [6.07, 6.45) is 5.93. The van der Waals surface area contributed by atoms with Gasteiger partial charge in [0.2, 0.25) is 5.91 Å². The van der Waals surface area contributed by atoms with Gasteiger partial charge < -0.3 is 15.8 Å². The van der Waals surface area contributed by atoms with Crippen LogP contribution in [0.5, 0.6) is 0 Å². The second kappa shape index (κ2) is 7.29. The third-order valence-electron chi connectivity index (χ3n) is 5.95. The Kier molecular flexibility index (Phi) is 5.47. The van der Waals surface area contributed by atoms with Crippen molar-refractivity contribution >= 4 is 23.4 Å². The first-order valence-electron chi connectivity index (χ1n) is 9.35. The fraction of sp³-hybridized carbons (Fsp3) is 0.650. The van der Waals surface area contributed by atoms with E-state index < -0.39 is 5.54 Å². The van der Waals surface area contributed by atoms with Gasteiger partial charge in [-0.15, -0.1) is 11.8 Å². The summed E-state index contributed by atoms with van der Waals surface area (Å²) in [5, 5.41) is 3.74. The molecule has 3 N–H and O–H groups in total. The van der Waals surface area contributed by atoms with E-state index in [-0.39, 0.29) is 17.4 Å². The molecule has 0 aromatic heterocycles. The maximum Gasteiger partial charge on any atom is 0.245 e. The van der Waals surface area contributed by atoms with Gasteiger partial charge in [-0.25, -0.2) is 0 Å². The Morgan fingerprint density at radius 3 is 2.48 bits per heavy atom. The van der Waals surface area contributed by atoms with Crippen LogP contribution in [0, 0.1) is 5.41 Å². The molecular formula is C20H30N2O2S. The molecule has 0 aliphatic heterocycles. The van der Waals surface area contributed by atoms with Gasteiger partial charge in [0, 0.05) is 34.3 Å². The summed E-state index contributed by atoms with van der Waals surface area (Å²) < 4.78 is 5.71. The summed E-state index contributed by atoms with van der Waals surface area (Å²) in [7, 11) is 0. The van der Waals surface area contributed by atoms with E-state index in [4.69, 9.17) is 10.5 Å². The van der Waals surface area contributed by atoms with E-state index in [1.54, 1.807) is 0 Å². The highest BCUT2D eigenvalue weighted by Crippen LogP contribution is 2.50. The standard InChI is InChI=1S/C20H30N2O2S/c1-4-24-17-13-20(21,19(17,2)3)18(23)22-14-9-11-16(12-10-14)25-15-7-5-6-8-15/h9-12,15,17H,4-8,13,21H2,1-3H3,(H,22,23). The molecule has 25 heavy (non-hydrogen) atoms. The summed E-state index contributed by atoms with van der Waals surface area (Å²) >= 11 is 1.95. The normalized spacial score (nSPS) is 28.6. The third-order valence-corrected chi connectivity index (χ3v) is 7.30. The number of hydrogen-bond acceptors (Lipinski definition) is 4. The van der Waals surface area contributed by atoms with Gasteiger partial charge in [-0.2, -0.15) is 0 Å². The average molecular weight is 363 g/mol. The number of thioether (sulfide) groups is 1. The smallest absolute Gasteiger partial charge is 0.245 e. The van der Waals surface area contributed by atoms with Crippen molar-refractivity contribution in [2.75, 3.05) is 11.9 Å². The van der Waals surface area contributed by atoms with Crippen LogP contribution in [0.1, 0.15) is 52.9 Å². The fourth-order valence-electron chi connectivity index (χ4n) is 3.88. The predicted molar refractivity (Wildman–Crippen MR) is 104 cm³/mol. The van der Waals surface area contributed by atoms with Gasteiger partial charge in [0.05, 0.1) is 6.10 Å². The Morgan fingerprint density at radius 1 is 1.28 bits per heavy atom. The molecule has 2 saturated carbocycles. The maximum atomic E-state index is 12.7. The molecule has 0 spiro atoms. The Hall–Kier alpha value is -1.04. The lowest BCUT2D eigenvalue weighted by Crippen LogP contribution is -2.74. The number of carbonyl (C=O) groups is 1. The minimum absolute atomic E-state index is 0.0402. The topological polar surface area (TPSA) is 64.3 Å². The second-order valence-corrected chi connectivity index (χ2v) is 9.22. The zero-order valence-corrected chi connectivity index (χ0v) is 16.3. The van der Waals surface area contributed by atoms with Crippen LogP contribution in [0.15, 0.2) is 29.2 Å². The lowest BCUT2D eigenvalue weighted by atomic mass is 9.54. The van der Waals surface area contributed by atoms with Gasteiger partial charge in [-0.1, -0.05) is 26.7 Å². The van der Waals surface area contributed by atoms with Crippen molar-refractivity contribution in [3.8, 4) is 0 Å². The van der Waals surface area contributed by atoms with Crippen LogP contribution in [-0.4, -0.2) is 29.4 Å². The molecular weight excluding hydrogens is 332 g/mol. The number of benzene rings is 1. The number of nitrogens with one attached hydrogen (secondary N) is 1. The van der Waals surface area contributed by atoms with Crippen LogP contribution in [0.2, 0.25) is 0 Å². The SMILES string of the molecule is CCOC1CC(N)(C(=O)Nc2ccc(SC3CCCC3)cc2)C1(C)C. The van der Waals surface area contributed by atoms with Crippen molar-refractivity contribution in [2.45, 2.75) is 74.7 Å². The van der Waals surface area contributed by atoms with Crippen LogP contribution >= 0.6 is 11.8 Å². The van der Waals surface area contributed by atoms with Gasteiger partial charge in [0.1, 0.15) is 5.54 Å². The maximum absolute atomic E-state index is 12.7. The second-order valence-electron chi connectivity index (χ2n) is 7.84. The number of hydrogen-bond donors (Lipinski definition) is 2. The van der Waals surface area contributed by atoms with E-state index in [9.17, 15) is 4.79 Å². The van der Waals surface area contributed by atoms with Gasteiger partial charge in [0.25, 0.3) is 0 Å². The first kappa shape index (κ1) is 18.7. The first-order chi connectivity index (χ1) is 11.9. The van der Waals surface area contributed by atoms with Crippen molar-refractivity contribution in [2.24, 2.45) is 11.1 Å². The summed E-state index contributed by atoms with van der Waals surface area (Å²) in [5.41, 5.74) is 5.99. The van der Waals surface area contributed by atoms with Crippen LogP contribution < -0.4 is 11.1 Å². The summed E-state index contributed by atoms with van der Waals surface area (Å²) in [6, 6.07) is 8.14. The van der Waals surface area contributed by atoms with Crippen LogP contribution in [0.3, 0.4) is 0 Å². The highest BCUT2D eigenvalue weighted by Gasteiger charge is 2.62. The quantitative estimate of drug-likeness (QED) is 0.796. The van der Waals surface area contributed by atoms with Crippen molar-refractivity contribution in [3.63, 3.8) is 0 Å². The number of carbonyl (C=O) groups excluding carboxylic acids is 1. The number of nitrogens with two attached hydrogens (primary N) is 1. The Labute approximate surface area is 155 Å². The number of rotatable bonds is 6. The Balaban J connectivity index is 1.59. The molecule has 2 unspecified atom stereocenters. The fourth-order valence-corrected chi connectivity index (χ4v) is 5.13. The Bertz CT molecular complexity index is 611. The zero-order chi connectivity index (χ0) is 18.1. The Morgan fingerprint density at radius 2 is 1.92 bits per heavy atom. The van der Waals surface area contributed by atoms with Gasteiger partial charge in [-0.05, 0) is 44.0 Å². The number of anilines is 1. The molecule has 0 heterocycles. The minimum Gasteiger partial charge on any atom is -0.378 e. The monoisotopic (exact) mass is 362 g/mol. The molecule has 2 fully saturated rings. The summed E-state index contributed by atoms with van der Waals surface area (Å²) in [6.45, 7) is 6.64. The van der Waals surface area contributed by atoms with Gasteiger partial charge in [0.15, 0.2) is 0 Å². The lowest BCUT2D eigenvalue weighted by molar-refractivity contribution is -0.166. The minimum atomic E-state index is -0.885. The molecule has 2 aliphatic carbocycles. The largest absolute Gasteiger partial charge is 0.378 e. The molecule has 0 bridgehead atoms. The molecule has 2 aliphatic rings. The molecule has 1 aromatic rings. The summed E-state index contributed by atoms with van der Waals surface area (Å²) in [4.78, 5) is 14.0. The van der Waals surface area contributed by atoms with Crippen molar-refractivity contribution in [1.29, 1.82) is 0 Å². The molecule has 0 radical (unpaired) electrons. The van der Waals surface area contributed by atoms with Crippen LogP contribution in [0.25, 0.3) is 0 Å². The van der Waals surface area contributed by atoms with Gasteiger partial charge >= 0.3 is 0 Å². The molecule has 5 heteroatoms. The number of ether oxygens (including phenoxy) is 1. The van der Waals surface area contributed by atoms with E-state index in [2.05, 4.69) is 17.4 Å². The highest BCUT2D eigenvalue weighted by molar-refractivity contribution is 8.00. The zero-order valence-electron chi connectivity index (χ0n) is 15.5. The lowest BCUT2D eigenvalue weighted by Gasteiger charge is -2.57. The molecule has 1 aromatic carbocycles. The summed E-state index contributed by atoms with van der Waals surface area (Å²) in [5.74, 6) is -0.121. The first-order valence-corrected chi connectivity index (χ1v) is 10.2. The molecule has 0 saturated heterocycles. The van der Waals surface area contributed by atoms with Crippen molar-refractivity contribution < 1.29 is 9.53 Å². The highest BCUT2D eigenvalue weighted by atomic mass is 32.2.